The molecule has 2 N–H and O–H groups in total. The molecule has 8 nitrogen and oxygen atoms in total. The van der Waals surface area contributed by atoms with E-state index in [-0.39, 0.29) is 5.91 Å². The lowest BCUT2D eigenvalue weighted by Gasteiger charge is -2.14. The highest BCUT2D eigenvalue weighted by molar-refractivity contribution is 6.15. The van der Waals surface area contributed by atoms with Gasteiger partial charge in [-0.05, 0) is 66.2 Å². The van der Waals surface area contributed by atoms with Crippen molar-refractivity contribution in [2.45, 2.75) is 6.92 Å². The summed E-state index contributed by atoms with van der Waals surface area (Å²) in [6, 6.07) is 24.5. The van der Waals surface area contributed by atoms with E-state index in [1.165, 1.54) is 0 Å². The summed E-state index contributed by atoms with van der Waals surface area (Å²) in [7, 11) is 0. The second kappa shape index (κ2) is 9.41. The molecular weight excluding hydrogens is 428 g/mol. The van der Waals surface area contributed by atoms with Crippen LogP contribution in [0.1, 0.15) is 17.3 Å². The van der Waals surface area contributed by atoms with Crippen molar-refractivity contribution in [3.8, 4) is 11.6 Å². The molecule has 8 heteroatoms. The average molecular weight is 451 g/mol. The van der Waals surface area contributed by atoms with Gasteiger partial charge in [0.05, 0.1) is 12.2 Å². The van der Waals surface area contributed by atoms with Crippen molar-refractivity contribution in [3.05, 3.63) is 96.8 Å². The minimum Gasteiger partial charge on any atom is -0.493 e. The number of amides is 1. The number of rotatable bonds is 7. The van der Waals surface area contributed by atoms with Crippen molar-refractivity contribution in [2.75, 3.05) is 17.2 Å². The Morgan fingerprint density at radius 3 is 2.47 bits per heavy atom. The maximum Gasteiger partial charge on any atom is 0.260 e. The van der Waals surface area contributed by atoms with Gasteiger partial charge in [-0.15, -0.1) is 10.2 Å². The smallest absolute Gasteiger partial charge is 0.260 e. The molecule has 0 radical (unpaired) electrons. The van der Waals surface area contributed by atoms with Crippen molar-refractivity contribution in [1.82, 2.24) is 20.0 Å². The molecule has 0 aliphatic heterocycles. The van der Waals surface area contributed by atoms with E-state index in [0.717, 1.165) is 16.5 Å². The van der Waals surface area contributed by atoms with Gasteiger partial charge in [0.1, 0.15) is 5.75 Å². The monoisotopic (exact) mass is 450 g/mol. The fraction of sp³-hybridized carbons (Fsp3) is 0.0769. The SMILES string of the molecule is CCOc1ccc2ccccc2c1C(=O)Nc1ccc(Nc2ccc(-n3cccn3)nn2)cc1. The summed E-state index contributed by atoms with van der Waals surface area (Å²) in [5.74, 6) is 1.58. The number of carbonyl (C=O) groups excluding carboxylic acids is 1. The lowest BCUT2D eigenvalue weighted by atomic mass is 10.0. The summed E-state index contributed by atoms with van der Waals surface area (Å²) in [6.45, 7) is 2.38. The highest BCUT2D eigenvalue weighted by atomic mass is 16.5. The molecular formula is C26H22N6O2. The molecule has 168 valence electrons. The molecule has 0 saturated carbocycles. The lowest BCUT2D eigenvalue weighted by molar-refractivity contribution is 0.102. The molecule has 0 saturated heterocycles. The Hall–Kier alpha value is -4.72. The highest BCUT2D eigenvalue weighted by Crippen LogP contribution is 2.29. The van der Waals surface area contributed by atoms with Gasteiger partial charge >= 0.3 is 0 Å². The number of ether oxygens (including phenoxy) is 1. The Morgan fingerprint density at radius 2 is 1.74 bits per heavy atom. The van der Waals surface area contributed by atoms with Crippen LogP contribution in [0.5, 0.6) is 5.75 Å². The van der Waals surface area contributed by atoms with Crippen molar-refractivity contribution in [1.29, 1.82) is 0 Å². The quantitative estimate of drug-likeness (QED) is 0.354. The van der Waals surface area contributed by atoms with Crippen LogP contribution in [-0.4, -0.2) is 32.5 Å². The summed E-state index contributed by atoms with van der Waals surface area (Å²) in [5.41, 5.74) is 2.01. The number of hydrogen-bond donors (Lipinski definition) is 2. The number of benzene rings is 3. The predicted octanol–water partition coefficient (Wildman–Crippen LogP) is 5.21. The van der Waals surface area contributed by atoms with Crippen LogP contribution in [0.25, 0.3) is 16.6 Å². The Labute approximate surface area is 196 Å². The number of hydrogen-bond acceptors (Lipinski definition) is 6. The van der Waals surface area contributed by atoms with Crippen LogP contribution in [-0.2, 0) is 0 Å². The summed E-state index contributed by atoms with van der Waals surface area (Å²) in [4.78, 5) is 13.2. The first kappa shape index (κ1) is 21.1. The molecule has 3 aromatic carbocycles. The van der Waals surface area contributed by atoms with Gasteiger partial charge in [-0.2, -0.15) is 5.10 Å². The van der Waals surface area contributed by atoms with E-state index < -0.39 is 0 Å². The fourth-order valence-corrected chi connectivity index (χ4v) is 3.66. The molecule has 0 atom stereocenters. The Bertz CT molecular complexity index is 1410. The Morgan fingerprint density at radius 1 is 0.912 bits per heavy atom. The third-order valence-corrected chi connectivity index (χ3v) is 5.22. The summed E-state index contributed by atoms with van der Waals surface area (Å²) in [6.07, 6.45) is 3.49. The van der Waals surface area contributed by atoms with Gasteiger partial charge in [-0.1, -0.05) is 30.3 Å². The predicted molar refractivity (Wildman–Crippen MR) is 132 cm³/mol. The molecule has 5 aromatic rings. The number of carbonyl (C=O) groups is 1. The zero-order valence-corrected chi connectivity index (χ0v) is 18.5. The van der Waals surface area contributed by atoms with E-state index >= 15 is 0 Å². The molecule has 5 rings (SSSR count). The topological polar surface area (TPSA) is 94.0 Å². The number of nitrogens with zero attached hydrogens (tertiary/aromatic N) is 4. The summed E-state index contributed by atoms with van der Waals surface area (Å²) in [5, 5.41) is 20.5. The maximum atomic E-state index is 13.2. The molecule has 2 aromatic heterocycles. The fourth-order valence-electron chi connectivity index (χ4n) is 3.66. The largest absolute Gasteiger partial charge is 0.493 e. The molecule has 0 bridgehead atoms. The Kier molecular flexibility index (Phi) is 5.85. The number of aromatic nitrogens is 4. The van der Waals surface area contributed by atoms with Crippen LogP contribution >= 0.6 is 0 Å². The van der Waals surface area contributed by atoms with E-state index in [1.807, 2.05) is 85.8 Å². The molecule has 0 unspecified atom stereocenters. The van der Waals surface area contributed by atoms with Gasteiger partial charge in [0.15, 0.2) is 11.6 Å². The van der Waals surface area contributed by atoms with Crippen molar-refractivity contribution in [2.24, 2.45) is 0 Å². The Balaban J connectivity index is 1.31. The first-order chi connectivity index (χ1) is 16.7. The van der Waals surface area contributed by atoms with Gasteiger partial charge in [-0.25, -0.2) is 4.68 Å². The minimum absolute atomic E-state index is 0.221. The van der Waals surface area contributed by atoms with Gasteiger partial charge in [-0.3, -0.25) is 4.79 Å². The normalized spacial score (nSPS) is 10.7. The van der Waals surface area contributed by atoms with Crippen LogP contribution in [0, 0.1) is 0 Å². The van der Waals surface area contributed by atoms with E-state index in [0.29, 0.717) is 35.2 Å². The molecule has 0 aliphatic carbocycles. The molecule has 0 fully saturated rings. The van der Waals surface area contributed by atoms with Crippen LogP contribution in [0.4, 0.5) is 17.2 Å². The van der Waals surface area contributed by atoms with Gasteiger partial charge in [0.2, 0.25) is 0 Å². The molecule has 2 heterocycles. The minimum atomic E-state index is -0.221. The zero-order valence-electron chi connectivity index (χ0n) is 18.5. The number of fused-ring (bicyclic) bond motifs is 1. The van der Waals surface area contributed by atoms with Crippen LogP contribution in [0.15, 0.2) is 91.3 Å². The van der Waals surface area contributed by atoms with Crippen molar-refractivity contribution in [3.63, 3.8) is 0 Å². The highest BCUT2D eigenvalue weighted by Gasteiger charge is 2.17. The second-order valence-corrected chi connectivity index (χ2v) is 7.48. The van der Waals surface area contributed by atoms with E-state index in [1.54, 1.807) is 17.1 Å². The first-order valence-electron chi connectivity index (χ1n) is 10.9. The molecule has 1 amide bonds. The molecule has 0 spiro atoms. The molecule has 0 aliphatic rings. The van der Waals surface area contributed by atoms with E-state index in [9.17, 15) is 4.79 Å². The average Bonchev–Trinajstić information content (AvgIpc) is 3.41. The second-order valence-electron chi connectivity index (χ2n) is 7.48. The van der Waals surface area contributed by atoms with Gasteiger partial charge < -0.3 is 15.4 Å². The van der Waals surface area contributed by atoms with Gasteiger partial charge in [0, 0.05) is 23.8 Å². The van der Waals surface area contributed by atoms with Crippen molar-refractivity contribution < 1.29 is 9.53 Å². The third-order valence-electron chi connectivity index (χ3n) is 5.22. The van der Waals surface area contributed by atoms with E-state index in [4.69, 9.17) is 4.74 Å². The van der Waals surface area contributed by atoms with Crippen LogP contribution < -0.4 is 15.4 Å². The zero-order chi connectivity index (χ0) is 23.3. The van der Waals surface area contributed by atoms with Gasteiger partial charge in [0.25, 0.3) is 5.91 Å². The number of nitrogens with one attached hydrogen (secondary N) is 2. The van der Waals surface area contributed by atoms with E-state index in [2.05, 4.69) is 25.9 Å². The lowest BCUT2D eigenvalue weighted by Crippen LogP contribution is -2.14. The maximum absolute atomic E-state index is 13.2. The van der Waals surface area contributed by atoms with Crippen LogP contribution in [0.3, 0.4) is 0 Å². The van der Waals surface area contributed by atoms with Crippen molar-refractivity contribution >= 4 is 33.9 Å². The third kappa shape index (κ3) is 4.42. The first-order valence-corrected chi connectivity index (χ1v) is 10.9. The molecule has 34 heavy (non-hydrogen) atoms. The number of anilines is 3. The standard InChI is InChI=1S/C26H22N6O2/c1-2-34-22-13-8-18-6-3-4-7-21(18)25(22)26(33)29-20-11-9-19(10-12-20)28-23-14-15-24(31-30-23)32-17-5-16-27-32/h3-17H,2H2,1H3,(H,28,30)(H,29,33). The van der Waals surface area contributed by atoms with Crippen LogP contribution in [0.2, 0.25) is 0 Å². The summed E-state index contributed by atoms with van der Waals surface area (Å²) >= 11 is 0. The summed E-state index contributed by atoms with van der Waals surface area (Å²) < 4.78 is 7.37.